The van der Waals surface area contributed by atoms with Crippen LogP contribution in [0.4, 0.5) is 4.79 Å². The average molecular weight is 284 g/mol. The van der Waals surface area contributed by atoms with Crippen molar-refractivity contribution in [3.05, 3.63) is 54.1 Å². The summed E-state index contributed by atoms with van der Waals surface area (Å²) in [4.78, 5) is 22.7. The van der Waals surface area contributed by atoms with Crippen LogP contribution in [0.5, 0.6) is 5.75 Å². The molecule has 0 bridgehead atoms. The van der Waals surface area contributed by atoms with Gasteiger partial charge in [-0.3, -0.25) is 4.79 Å². The van der Waals surface area contributed by atoms with Crippen molar-refractivity contribution in [3.8, 4) is 16.9 Å². The molecule has 0 saturated heterocycles. The molecule has 0 spiro atoms. The highest BCUT2D eigenvalue weighted by Crippen LogP contribution is 2.26. The second-order valence-electron chi connectivity index (χ2n) is 4.76. The van der Waals surface area contributed by atoms with Gasteiger partial charge in [0.2, 0.25) is 0 Å². The first kappa shape index (κ1) is 14.8. The van der Waals surface area contributed by atoms with Crippen LogP contribution in [0.2, 0.25) is 0 Å². The number of hydrogen-bond donors (Lipinski definition) is 0. The Morgan fingerprint density at radius 1 is 1.05 bits per heavy atom. The van der Waals surface area contributed by atoms with Gasteiger partial charge in [-0.05, 0) is 37.1 Å². The molecule has 0 amide bonds. The Kier molecular flexibility index (Phi) is 4.72. The molecule has 21 heavy (non-hydrogen) atoms. The standard InChI is InChI=1S/C17H16O4/c1-12(2)20-17(19)21-16-9-8-14(10-15(16)11-18)13-6-4-3-5-7-13/h3-12H,1-2H3. The largest absolute Gasteiger partial charge is 0.514 e. The maximum Gasteiger partial charge on any atom is 0.514 e. The van der Waals surface area contributed by atoms with Gasteiger partial charge in [0.1, 0.15) is 5.75 Å². The predicted molar refractivity (Wildman–Crippen MR) is 79.5 cm³/mol. The normalized spacial score (nSPS) is 10.2. The molecule has 0 aliphatic rings. The van der Waals surface area contributed by atoms with Crippen LogP contribution in [0, 0.1) is 0 Å². The molecule has 108 valence electrons. The molecule has 2 rings (SSSR count). The van der Waals surface area contributed by atoms with Gasteiger partial charge in [0.25, 0.3) is 0 Å². The summed E-state index contributed by atoms with van der Waals surface area (Å²) in [7, 11) is 0. The molecule has 4 nitrogen and oxygen atoms in total. The average Bonchev–Trinajstić information content (AvgIpc) is 2.47. The summed E-state index contributed by atoms with van der Waals surface area (Å²) < 4.78 is 9.94. The highest BCUT2D eigenvalue weighted by atomic mass is 16.7. The highest BCUT2D eigenvalue weighted by molar-refractivity contribution is 5.84. The van der Waals surface area contributed by atoms with Crippen molar-refractivity contribution in [1.82, 2.24) is 0 Å². The number of rotatable bonds is 4. The van der Waals surface area contributed by atoms with Gasteiger partial charge in [0.15, 0.2) is 6.29 Å². The van der Waals surface area contributed by atoms with Crippen molar-refractivity contribution in [1.29, 1.82) is 0 Å². The van der Waals surface area contributed by atoms with E-state index in [1.165, 1.54) is 0 Å². The van der Waals surface area contributed by atoms with Crippen LogP contribution < -0.4 is 4.74 Å². The first-order chi connectivity index (χ1) is 10.1. The minimum absolute atomic E-state index is 0.190. The molecule has 0 radical (unpaired) electrons. The topological polar surface area (TPSA) is 52.6 Å². The van der Waals surface area contributed by atoms with Gasteiger partial charge < -0.3 is 9.47 Å². The van der Waals surface area contributed by atoms with Gasteiger partial charge in [0.05, 0.1) is 11.7 Å². The monoisotopic (exact) mass is 284 g/mol. The number of aldehydes is 1. The smallest absolute Gasteiger partial charge is 0.431 e. The Morgan fingerprint density at radius 3 is 2.38 bits per heavy atom. The van der Waals surface area contributed by atoms with E-state index in [1.807, 2.05) is 30.3 Å². The van der Waals surface area contributed by atoms with E-state index in [-0.39, 0.29) is 11.9 Å². The summed E-state index contributed by atoms with van der Waals surface area (Å²) in [5.74, 6) is 0.190. The Bertz CT molecular complexity index is 632. The van der Waals surface area contributed by atoms with Crippen LogP contribution in [0.15, 0.2) is 48.5 Å². The third kappa shape index (κ3) is 3.92. The lowest BCUT2D eigenvalue weighted by Gasteiger charge is -2.10. The van der Waals surface area contributed by atoms with E-state index in [0.29, 0.717) is 11.8 Å². The summed E-state index contributed by atoms with van der Waals surface area (Å²) in [5, 5.41) is 0. The molecule has 0 unspecified atom stereocenters. The summed E-state index contributed by atoms with van der Waals surface area (Å²) in [6, 6.07) is 14.7. The molecule has 0 saturated carbocycles. The number of benzene rings is 2. The van der Waals surface area contributed by atoms with E-state index >= 15 is 0 Å². The molecule has 0 heterocycles. The quantitative estimate of drug-likeness (QED) is 0.482. The van der Waals surface area contributed by atoms with Crippen LogP contribution in [0.1, 0.15) is 24.2 Å². The summed E-state index contributed by atoms with van der Waals surface area (Å²) in [6.45, 7) is 3.45. The summed E-state index contributed by atoms with van der Waals surface area (Å²) in [5.41, 5.74) is 2.16. The zero-order chi connectivity index (χ0) is 15.2. The minimum Gasteiger partial charge on any atom is -0.431 e. The molecule has 0 aliphatic heterocycles. The number of carbonyl (C=O) groups excluding carboxylic acids is 2. The zero-order valence-electron chi connectivity index (χ0n) is 11.9. The van der Waals surface area contributed by atoms with E-state index in [4.69, 9.17) is 9.47 Å². The highest BCUT2D eigenvalue weighted by Gasteiger charge is 2.12. The summed E-state index contributed by atoms with van der Waals surface area (Å²) >= 11 is 0. The molecule has 0 fully saturated rings. The second kappa shape index (κ2) is 6.70. The van der Waals surface area contributed by atoms with E-state index in [1.54, 1.807) is 32.0 Å². The number of ether oxygens (including phenoxy) is 2. The fourth-order valence-electron chi connectivity index (χ4n) is 1.85. The van der Waals surface area contributed by atoms with E-state index in [2.05, 4.69) is 0 Å². The third-order valence-electron chi connectivity index (χ3n) is 2.77. The third-order valence-corrected chi connectivity index (χ3v) is 2.77. The van der Waals surface area contributed by atoms with Crippen LogP contribution in [0.3, 0.4) is 0 Å². The van der Waals surface area contributed by atoms with Gasteiger partial charge >= 0.3 is 6.16 Å². The first-order valence-electron chi connectivity index (χ1n) is 6.63. The van der Waals surface area contributed by atoms with Crippen molar-refractivity contribution in [2.24, 2.45) is 0 Å². The van der Waals surface area contributed by atoms with Gasteiger partial charge in [-0.25, -0.2) is 4.79 Å². The lowest BCUT2D eigenvalue weighted by molar-refractivity contribution is 0.0726. The number of carbonyl (C=O) groups is 2. The molecule has 0 aromatic heterocycles. The second-order valence-corrected chi connectivity index (χ2v) is 4.76. The molecule has 4 heteroatoms. The predicted octanol–water partition coefficient (Wildman–Crippen LogP) is 4.09. The van der Waals surface area contributed by atoms with Crippen LogP contribution in [-0.4, -0.2) is 18.5 Å². The maximum atomic E-state index is 11.5. The molecule has 0 N–H and O–H groups in total. The van der Waals surface area contributed by atoms with Crippen LogP contribution in [-0.2, 0) is 4.74 Å². The lowest BCUT2D eigenvalue weighted by Crippen LogP contribution is -2.16. The van der Waals surface area contributed by atoms with Gasteiger partial charge in [-0.15, -0.1) is 0 Å². The molecular formula is C17H16O4. The minimum atomic E-state index is -0.819. The van der Waals surface area contributed by atoms with Crippen molar-refractivity contribution in [2.75, 3.05) is 0 Å². The fraction of sp³-hybridized carbons (Fsp3) is 0.176. The Balaban J connectivity index is 2.25. The van der Waals surface area contributed by atoms with E-state index < -0.39 is 6.16 Å². The molecule has 2 aromatic carbocycles. The first-order valence-corrected chi connectivity index (χ1v) is 6.63. The van der Waals surface area contributed by atoms with Crippen molar-refractivity contribution < 1.29 is 19.1 Å². The molecule has 0 aliphatic carbocycles. The van der Waals surface area contributed by atoms with E-state index in [9.17, 15) is 9.59 Å². The van der Waals surface area contributed by atoms with Crippen LogP contribution >= 0.6 is 0 Å². The van der Waals surface area contributed by atoms with Gasteiger partial charge in [-0.1, -0.05) is 36.4 Å². The van der Waals surface area contributed by atoms with Crippen molar-refractivity contribution in [2.45, 2.75) is 20.0 Å². The fourth-order valence-corrected chi connectivity index (χ4v) is 1.85. The Morgan fingerprint density at radius 2 is 1.76 bits per heavy atom. The number of hydrogen-bond acceptors (Lipinski definition) is 4. The SMILES string of the molecule is CC(C)OC(=O)Oc1ccc(-c2ccccc2)cc1C=O. The molecule has 0 atom stereocenters. The maximum absolute atomic E-state index is 11.5. The molecule has 2 aromatic rings. The Hall–Kier alpha value is -2.62. The Labute approximate surface area is 123 Å². The zero-order valence-corrected chi connectivity index (χ0v) is 11.9. The van der Waals surface area contributed by atoms with E-state index in [0.717, 1.165) is 11.1 Å². The van der Waals surface area contributed by atoms with Gasteiger partial charge in [-0.2, -0.15) is 0 Å². The van der Waals surface area contributed by atoms with Crippen LogP contribution in [0.25, 0.3) is 11.1 Å². The summed E-state index contributed by atoms with van der Waals surface area (Å²) in [6.07, 6.45) is -0.439. The van der Waals surface area contributed by atoms with Crippen molar-refractivity contribution >= 4 is 12.4 Å². The van der Waals surface area contributed by atoms with Crippen molar-refractivity contribution in [3.63, 3.8) is 0 Å². The lowest BCUT2D eigenvalue weighted by atomic mass is 10.0. The molecular weight excluding hydrogens is 268 g/mol. The van der Waals surface area contributed by atoms with Gasteiger partial charge in [0, 0.05) is 0 Å².